The maximum absolute atomic E-state index is 12.0. The van der Waals surface area contributed by atoms with Crippen LogP contribution in [0.1, 0.15) is 5.56 Å². The number of ether oxygens (including phenoxy) is 2. The van der Waals surface area contributed by atoms with Crippen LogP contribution in [0.2, 0.25) is 0 Å². The Labute approximate surface area is 184 Å². The molecule has 0 unspecified atom stereocenters. The number of nitro groups is 1. The molecule has 4 rings (SSSR count). The van der Waals surface area contributed by atoms with E-state index in [1.165, 1.54) is 12.3 Å². The van der Waals surface area contributed by atoms with Gasteiger partial charge >= 0.3 is 0 Å². The summed E-state index contributed by atoms with van der Waals surface area (Å²) in [4.78, 5) is 25.1. The standard InChI is InChI=1S/C23H22N4O5/c28-23(16-32-20-7-6-18-3-1-2-4-19(18)14-20)25-24-15-17-5-8-21(22(13-17)27(29)30)26-9-11-31-12-10-26/h1-8,13-15H,9-12,16H2,(H,25,28)/b24-15-. The molecule has 1 aliphatic rings. The first-order valence-corrected chi connectivity index (χ1v) is 10.1. The van der Waals surface area contributed by atoms with E-state index in [0.717, 1.165) is 10.8 Å². The number of rotatable bonds is 7. The predicted molar refractivity (Wildman–Crippen MR) is 121 cm³/mol. The van der Waals surface area contributed by atoms with E-state index in [1.807, 2.05) is 41.3 Å². The average Bonchev–Trinajstić information content (AvgIpc) is 2.83. The molecule has 9 heteroatoms. The molecule has 0 aromatic heterocycles. The second-order valence-electron chi connectivity index (χ2n) is 7.20. The summed E-state index contributed by atoms with van der Waals surface area (Å²) in [5.74, 6) is 0.144. The topological polar surface area (TPSA) is 106 Å². The van der Waals surface area contributed by atoms with Gasteiger partial charge in [-0.25, -0.2) is 5.43 Å². The molecular formula is C23H22N4O5. The van der Waals surface area contributed by atoms with Crippen LogP contribution in [0.15, 0.2) is 65.8 Å². The highest BCUT2D eigenvalue weighted by Crippen LogP contribution is 2.29. The quantitative estimate of drug-likeness (QED) is 0.348. The number of benzene rings is 3. The first-order valence-electron chi connectivity index (χ1n) is 10.1. The number of hydrogen-bond acceptors (Lipinski definition) is 7. The number of hydrogen-bond donors (Lipinski definition) is 1. The summed E-state index contributed by atoms with van der Waals surface area (Å²) in [6.07, 6.45) is 1.37. The minimum Gasteiger partial charge on any atom is -0.484 e. The van der Waals surface area contributed by atoms with Gasteiger partial charge in [0, 0.05) is 24.7 Å². The minimum atomic E-state index is -0.436. The highest BCUT2D eigenvalue weighted by atomic mass is 16.6. The molecule has 1 N–H and O–H groups in total. The van der Waals surface area contributed by atoms with Crippen LogP contribution in [0.3, 0.4) is 0 Å². The van der Waals surface area contributed by atoms with Crippen LogP contribution in [0.4, 0.5) is 11.4 Å². The number of carbonyl (C=O) groups is 1. The fraction of sp³-hybridized carbons (Fsp3) is 0.217. The number of carbonyl (C=O) groups excluding carboxylic acids is 1. The van der Waals surface area contributed by atoms with Gasteiger partial charge in [-0.3, -0.25) is 14.9 Å². The Bertz CT molecular complexity index is 1160. The van der Waals surface area contributed by atoms with E-state index in [9.17, 15) is 14.9 Å². The normalized spacial score (nSPS) is 13.9. The van der Waals surface area contributed by atoms with Gasteiger partial charge in [-0.05, 0) is 29.0 Å². The summed E-state index contributed by atoms with van der Waals surface area (Å²) in [5.41, 5.74) is 3.41. The monoisotopic (exact) mass is 434 g/mol. The van der Waals surface area contributed by atoms with Crippen molar-refractivity contribution < 1.29 is 19.2 Å². The molecule has 0 radical (unpaired) electrons. The van der Waals surface area contributed by atoms with Crippen molar-refractivity contribution in [3.8, 4) is 5.75 Å². The van der Waals surface area contributed by atoms with E-state index in [-0.39, 0.29) is 12.3 Å². The second-order valence-corrected chi connectivity index (χ2v) is 7.20. The third-order valence-corrected chi connectivity index (χ3v) is 5.04. The molecule has 0 atom stereocenters. The maximum atomic E-state index is 12.0. The van der Waals surface area contributed by atoms with Gasteiger partial charge in [0.2, 0.25) is 0 Å². The van der Waals surface area contributed by atoms with Crippen molar-refractivity contribution >= 4 is 34.3 Å². The fourth-order valence-corrected chi connectivity index (χ4v) is 3.46. The molecule has 1 amide bonds. The molecule has 1 heterocycles. The van der Waals surface area contributed by atoms with Crippen molar-refractivity contribution in [2.24, 2.45) is 5.10 Å². The van der Waals surface area contributed by atoms with Crippen LogP contribution < -0.4 is 15.1 Å². The minimum absolute atomic E-state index is 0.0122. The Morgan fingerprint density at radius 3 is 2.69 bits per heavy atom. The summed E-state index contributed by atoms with van der Waals surface area (Å²) < 4.78 is 10.8. The zero-order chi connectivity index (χ0) is 22.3. The SMILES string of the molecule is O=C(COc1ccc2ccccc2c1)N/N=C\c1ccc(N2CCOCC2)c([N+](=O)[O-])c1. The molecule has 3 aromatic rings. The summed E-state index contributed by atoms with van der Waals surface area (Å²) in [5, 5.41) is 17.5. The Morgan fingerprint density at radius 2 is 1.91 bits per heavy atom. The van der Waals surface area contributed by atoms with Crippen molar-refractivity contribution in [3.05, 3.63) is 76.3 Å². The molecule has 0 saturated carbocycles. The Kier molecular flexibility index (Phi) is 6.57. The molecule has 1 fully saturated rings. The summed E-state index contributed by atoms with van der Waals surface area (Å²) in [7, 11) is 0. The van der Waals surface area contributed by atoms with E-state index < -0.39 is 10.8 Å². The zero-order valence-corrected chi connectivity index (χ0v) is 17.3. The largest absolute Gasteiger partial charge is 0.484 e. The summed E-state index contributed by atoms with van der Waals surface area (Å²) in [6, 6.07) is 18.3. The number of morpholine rings is 1. The first kappa shape index (κ1) is 21.3. The van der Waals surface area contributed by atoms with Gasteiger partial charge in [0.25, 0.3) is 11.6 Å². The lowest BCUT2D eigenvalue weighted by Gasteiger charge is -2.28. The molecule has 0 spiro atoms. The molecule has 32 heavy (non-hydrogen) atoms. The molecule has 0 aliphatic carbocycles. The van der Waals surface area contributed by atoms with E-state index in [1.54, 1.807) is 18.2 Å². The van der Waals surface area contributed by atoms with Crippen molar-refractivity contribution in [1.29, 1.82) is 0 Å². The van der Waals surface area contributed by atoms with Gasteiger partial charge in [0.05, 0.1) is 24.4 Å². The number of nitro benzene ring substituents is 1. The number of fused-ring (bicyclic) bond motifs is 1. The number of amides is 1. The lowest BCUT2D eigenvalue weighted by atomic mass is 10.1. The van der Waals surface area contributed by atoms with Gasteiger partial charge in [0.1, 0.15) is 11.4 Å². The van der Waals surface area contributed by atoms with Crippen LogP contribution >= 0.6 is 0 Å². The van der Waals surface area contributed by atoms with E-state index >= 15 is 0 Å². The number of hydrazone groups is 1. The zero-order valence-electron chi connectivity index (χ0n) is 17.3. The maximum Gasteiger partial charge on any atom is 0.293 e. The number of nitrogens with one attached hydrogen (secondary N) is 1. The summed E-state index contributed by atoms with van der Waals surface area (Å²) in [6.45, 7) is 2.07. The highest BCUT2D eigenvalue weighted by molar-refractivity contribution is 5.86. The lowest BCUT2D eigenvalue weighted by molar-refractivity contribution is -0.384. The van der Waals surface area contributed by atoms with Crippen LogP contribution in [0, 0.1) is 10.1 Å². The van der Waals surface area contributed by atoms with Crippen molar-refractivity contribution in [2.45, 2.75) is 0 Å². The van der Waals surface area contributed by atoms with Crippen molar-refractivity contribution in [1.82, 2.24) is 5.43 Å². The van der Waals surface area contributed by atoms with E-state index in [2.05, 4.69) is 10.5 Å². The van der Waals surface area contributed by atoms with E-state index in [4.69, 9.17) is 9.47 Å². The van der Waals surface area contributed by atoms with Crippen molar-refractivity contribution in [3.63, 3.8) is 0 Å². The Hall–Kier alpha value is -3.98. The fourth-order valence-electron chi connectivity index (χ4n) is 3.46. The van der Waals surface area contributed by atoms with Crippen molar-refractivity contribution in [2.75, 3.05) is 37.8 Å². The molecule has 1 aliphatic heterocycles. The smallest absolute Gasteiger partial charge is 0.293 e. The second kappa shape index (κ2) is 9.88. The molecule has 1 saturated heterocycles. The first-order chi connectivity index (χ1) is 15.6. The third-order valence-electron chi connectivity index (χ3n) is 5.04. The van der Waals surface area contributed by atoms with Gasteiger partial charge in [-0.15, -0.1) is 0 Å². The van der Waals surface area contributed by atoms with E-state index in [0.29, 0.717) is 43.3 Å². The Morgan fingerprint density at radius 1 is 1.12 bits per heavy atom. The molecule has 9 nitrogen and oxygen atoms in total. The predicted octanol–water partition coefficient (Wildman–Crippen LogP) is 3.11. The van der Waals surface area contributed by atoms with Gasteiger partial charge in [-0.2, -0.15) is 5.10 Å². The Balaban J connectivity index is 1.34. The molecule has 164 valence electrons. The third kappa shape index (κ3) is 5.19. The molecule has 0 bridgehead atoms. The van der Waals surface area contributed by atoms with Crippen LogP contribution in [0.25, 0.3) is 10.8 Å². The van der Waals surface area contributed by atoms with Gasteiger partial charge < -0.3 is 14.4 Å². The number of anilines is 1. The van der Waals surface area contributed by atoms with Crippen LogP contribution in [-0.2, 0) is 9.53 Å². The molecular weight excluding hydrogens is 412 g/mol. The molecule has 3 aromatic carbocycles. The highest BCUT2D eigenvalue weighted by Gasteiger charge is 2.21. The lowest BCUT2D eigenvalue weighted by Crippen LogP contribution is -2.36. The van der Waals surface area contributed by atoms with Crippen LogP contribution in [0.5, 0.6) is 5.75 Å². The van der Waals surface area contributed by atoms with Gasteiger partial charge in [-0.1, -0.05) is 36.4 Å². The average molecular weight is 434 g/mol. The summed E-state index contributed by atoms with van der Waals surface area (Å²) >= 11 is 0. The van der Waals surface area contributed by atoms with Crippen LogP contribution in [-0.4, -0.2) is 50.0 Å². The number of nitrogens with zero attached hydrogens (tertiary/aromatic N) is 3. The van der Waals surface area contributed by atoms with Gasteiger partial charge in [0.15, 0.2) is 6.61 Å².